The maximum absolute atomic E-state index is 10.7. The average molecular weight is 207 g/mol. The molecule has 0 fully saturated rings. The Hall–Kier alpha value is -1.00. The lowest BCUT2D eigenvalue weighted by atomic mass is 10.4. The summed E-state index contributed by atoms with van der Waals surface area (Å²) in [5.41, 5.74) is -0.741. The van der Waals surface area contributed by atoms with Crippen molar-refractivity contribution in [1.82, 2.24) is 9.97 Å². The van der Waals surface area contributed by atoms with Gasteiger partial charge in [0.25, 0.3) is 11.1 Å². The first-order chi connectivity index (χ1) is 4.79. The van der Waals surface area contributed by atoms with Gasteiger partial charge in [-0.05, 0) is 0 Å². The van der Waals surface area contributed by atoms with Crippen LogP contribution in [0, 0.1) is 10.4 Å². The van der Waals surface area contributed by atoms with Crippen LogP contribution in [0.5, 0.6) is 0 Å². The van der Waals surface area contributed by atoms with Crippen molar-refractivity contribution in [3.63, 3.8) is 0 Å². The highest BCUT2D eigenvalue weighted by Gasteiger charge is 2.00. The highest BCUT2D eigenvalue weighted by atomic mass is 35.5. The van der Waals surface area contributed by atoms with Gasteiger partial charge in [-0.25, -0.2) is 9.97 Å². The van der Waals surface area contributed by atoms with Crippen molar-refractivity contribution in [1.29, 1.82) is 0 Å². The third-order valence-electron chi connectivity index (χ3n) is 1.37. The minimum absolute atomic E-state index is 0. The lowest BCUT2D eigenvalue weighted by Gasteiger charge is -1.58. The van der Waals surface area contributed by atoms with Gasteiger partial charge in [-0.2, -0.15) is 0 Å². The van der Waals surface area contributed by atoms with Gasteiger partial charge < -0.3 is 0 Å². The van der Waals surface area contributed by atoms with Gasteiger partial charge in [0, 0.05) is 12.4 Å². The van der Waals surface area contributed by atoms with E-state index in [-0.39, 0.29) is 35.9 Å². The molecule has 0 amide bonds. The minimum atomic E-state index is -0.371. The van der Waals surface area contributed by atoms with E-state index in [2.05, 4.69) is 9.97 Å². The summed E-state index contributed by atoms with van der Waals surface area (Å²) in [4.78, 5) is 28.2. The van der Waals surface area contributed by atoms with Gasteiger partial charge >= 0.3 is 0 Å². The topological polar surface area (TPSA) is 59.9 Å². The number of rotatable bonds is 0. The molecule has 64 valence electrons. The van der Waals surface area contributed by atoms with Gasteiger partial charge in [-0.1, -0.05) is 0 Å². The van der Waals surface area contributed by atoms with Crippen molar-refractivity contribution in [2.24, 2.45) is 0 Å². The number of hydrogen-bond donors (Lipinski definition) is 0. The van der Waals surface area contributed by atoms with E-state index < -0.39 is 0 Å². The first-order valence-corrected chi connectivity index (χ1v) is 2.70. The van der Waals surface area contributed by atoms with Gasteiger partial charge in [0.15, 0.2) is 0 Å². The molecule has 0 unspecified atom stereocenters. The maximum atomic E-state index is 10.7. The summed E-state index contributed by atoms with van der Waals surface area (Å²) in [6.45, 7) is 0. The van der Waals surface area contributed by atoms with Crippen LogP contribution in [0.25, 0.3) is 0 Å². The Morgan fingerprint density at radius 3 is 1.50 bits per heavy atom. The van der Waals surface area contributed by atoms with Crippen molar-refractivity contribution < 1.29 is 0 Å². The smallest absolute Gasteiger partial charge is 0.267 e. The molecule has 0 atom stereocenters. The molecule has 0 aromatic heterocycles. The monoisotopic (exact) mass is 206 g/mol. The predicted octanol–water partition coefficient (Wildman–Crippen LogP) is -0.359. The van der Waals surface area contributed by atoms with Gasteiger partial charge in [-0.15, -0.1) is 24.8 Å². The molecule has 0 saturated carbocycles. The van der Waals surface area contributed by atoms with Crippen LogP contribution in [0.3, 0.4) is 0 Å². The molecule has 0 aromatic rings. The third kappa shape index (κ3) is 1.31. The lowest BCUT2D eigenvalue weighted by Crippen LogP contribution is -1.97. The first kappa shape index (κ1) is 11.0. The number of nitrogens with zero attached hydrogens (tertiary/aromatic N) is 2. The summed E-state index contributed by atoms with van der Waals surface area (Å²) in [5, 5.41) is 0.648. The molecule has 0 spiro atoms. The summed E-state index contributed by atoms with van der Waals surface area (Å²) in [6, 6.07) is 0. The van der Waals surface area contributed by atoms with Gasteiger partial charge in [0.2, 0.25) is 0 Å². The third-order valence-corrected chi connectivity index (χ3v) is 1.37. The van der Waals surface area contributed by atoms with Crippen LogP contribution in [0.15, 0.2) is 22.0 Å². The molecule has 2 rings (SSSR count). The van der Waals surface area contributed by atoms with Crippen LogP contribution in [0.4, 0.5) is 0 Å². The largest absolute Gasteiger partial charge is 0.279 e. The summed E-state index contributed by atoms with van der Waals surface area (Å²) in [5.74, 6) is 0. The molecule has 0 aromatic carbocycles. The quantitative estimate of drug-likeness (QED) is 0.591. The second-order valence-corrected chi connectivity index (χ2v) is 1.95. The Morgan fingerprint density at radius 2 is 1.17 bits per heavy atom. The molecule has 12 heavy (non-hydrogen) atoms. The molecule has 4 nitrogen and oxygen atoms in total. The van der Waals surface area contributed by atoms with E-state index in [0.717, 1.165) is 0 Å². The Kier molecular flexibility index (Phi) is 3.30. The Bertz CT molecular complexity index is 456. The van der Waals surface area contributed by atoms with Crippen LogP contribution in [-0.4, -0.2) is 9.97 Å². The lowest BCUT2D eigenvalue weighted by molar-refractivity contribution is 1.23. The van der Waals surface area contributed by atoms with E-state index in [1.54, 1.807) is 0 Å². The fourth-order valence-electron chi connectivity index (χ4n) is 0.865. The van der Waals surface area contributed by atoms with Crippen LogP contribution in [-0.2, 0) is 0 Å². The van der Waals surface area contributed by atoms with Crippen LogP contribution < -0.4 is 11.1 Å². The van der Waals surface area contributed by atoms with Crippen molar-refractivity contribution in [3.05, 3.63) is 43.5 Å². The van der Waals surface area contributed by atoms with Crippen molar-refractivity contribution in [2.45, 2.75) is 0 Å². The molecule has 6 heteroatoms. The van der Waals surface area contributed by atoms with E-state index in [1.807, 2.05) is 0 Å². The van der Waals surface area contributed by atoms with E-state index in [1.165, 1.54) is 12.4 Å². The molecule has 2 heterocycles. The normalized spacial score (nSPS) is 9.00. The molecule has 0 N–H and O–H groups in total. The fraction of sp³-hybridized carbons (Fsp3) is 0. The minimum Gasteiger partial charge on any atom is -0.267 e. The zero-order valence-corrected chi connectivity index (χ0v) is 7.32. The highest BCUT2D eigenvalue weighted by Crippen LogP contribution is 1.81. The molecule has 2 aliphatic heterocycles. The number of halogens is 2. The Balaban J connectivity index is 0.000000605. The molecule has 0 bridgehead atoms. The average Bonchev–Trinajstić information content (AvgIpc) is 2.41. The van der Waals surface area contributed by atoms with Gasteiger partial charge in [0.05, 0.1) is 10.4 Å². The summed E-state index contributed by atoms with van der Waals surface area (Å²) in [7, 11) is 0. The molecule has 0 saturated heterocycles. The summed E-state index contributed by atoms with van der Waals surface area (Å²) < 4.78 is 0. The second kappa shape index (κ2) is 3.60. The van der Waals surface area contributed by atoms with Crippen molar-refractivity contribution >= 4 is 24.8 Å². The van der Waals surface area contributed by atoms with Gasteiger partial charge in [0.1, 0.15) is 0 Å². The van der Waals surface area contributed by atoms with Crippen LogP contribution in [0.2, 0.25) is 0 Å². The SMILES string of the molecule is Cl.Cl.O=c1ncc2c(=O)ncc1=2. The molecule has 2 aliphatic rings. The zero-order chi connectivity index (χ0) is 7.14. The second-order valence-electron chi connectivity index (χ2n) is 1.95. The van der Waals surface area contributed by atoms with Gasteiger partial charge in [-0.3, -0.25) is 9.59 Å². The van der Waals surface area contributed by atoms with Crippen LogP contribution >= 0.6 is 24.8 Å². The number of hydrogen-bond acceptors (Lipinski definition) is 4. The Labute approximate surface area is 78.8 Å². The van der Waals surface area contributed by atoms with E-state index in [9.17, 15) is 9.59 Å². The first-order valence-electron chi connectivity index (χ1n) is 2.70. The summed E-state index contributed by atoms with van der Waals surface area (Å²) in [6.07, 6.45) is 2.51. The molecular weight excluding hydrogens is 203 g/mol. The van der Waals surface area contributed by atoms with Crippen molar-refractivity contribution in [2.75, 3.05) is 0 Å². The number of aromatic nitrogens is 2. The predicted molar refractivity (Wildman–Crippen MR) is 46.7 cm³/mol. The summed E-state index contributed by atoms with van der Waals surface area (Å²) >= 11 is 0. The highest BCUT2D eigenvalue weighted by molar-refractivity contribution is 5.85. The standard InChI is InChI=1S/C6H2N2O2.2ClH/c9-5-3-1-7-6(10)4(3)2-8-5;;/h1-2H;2*1H. The van der Waals surface area contributed by atoms with E-state index >= 15 is 0 Å². The van der Waals surface area contributed by atoms with Crippen LogP contribution in [0.1, 0.15) is 0 Å². The fourth-order valence-corrected chi connectivity index (χ4v) is 0.865. The molecule has 0 radical (unpaired) electrons. The maximum Gasteiger partial charge on any atom is 0.279 e. The zero-order valence-electron chi connectivity index (χ0n) is 5.68. The molecular formula is C6H4Cl2N2O2. The molecule has 0 aliphatic carbocycles. The van der Waals surface area contributed by atoms with Crippen molar-refractivity contribution in [3.8, 4) is 0 Å². The Morgan fingerprint density at radius 1 is 0.833 bits per heavy atom. The van der Waals surface area contributed by atoms with E-state index in [4.69, 9.17) is 0 Å². The van der Waals surface area contributed by atoms with E-state index in [0.29, 0.717) is 10.4 Å².